The Morgan fingerprint density at radius 2 is 1.83 bits per heavy atom. The van der Waals surface area contributed by atoms with E-state index in [1.807, 2.05) is 13.8 Å². The van der Waals surface area contributed by atoms with E-state index in [9.17, 15) is 8.42 Å². The van der Waals surface area contributed by atoms with Gasteiger partial charge in [0.25, 0.3) is 10.1 Å². The summed E-state index contributed by atoms with van der Waals surface area (Å²) in [4.78, 5) is 5.32. The molecule has 2 N–H and O–H groups in total. The normalized spacial score (nSPS) is 11.5. The van der Waals surface area contributed by atoms with Crippen LogP contribution in [-0.2, 0) is 10.1 Å². The number of anilines is 2. The lowest BCUT2D eigenvalue weighted by atomic mass is 10.3. The fraction of sp³-hybridized carbons (Fsp3) is 0.182. The fourth-order valence-corrected chi connectivity index (χ4v) is 2.67. The molecule has 0 amide bonds. The summed E-state index contributed by atoms with van der Waals surface area (Å²) in [5, 5.41) is 3.83. The van der Waals surface area contributed by atoms with Gasteiger partial charge in [-0.15, -0.1) is 11.3 Å². The Morgan fingerprint density at radius 3 is 2.28 bits per heavy atom. The van der Waals surface area contributed by atoms with Crippen molar-refractivity contribution in [1.29, 1.82) is 0 Å². The van der Waals surface area contributed by atoms with E-state index in [-0.39, 0.29) is 4.90 Å². The number of hydrogen-bond acceptors (Lipinski definition) is 5. The zero-order valence-corrected chi connectivity index (χ0v) is 11.5. The fourth-order valence-electron chi connectivity index (χ4n) is 1.36. The van der Waals surface area contributed by atoms with Gasteiger partial charge >= 0.3 is 0 Å². The maximum absolute atomic E-state index is 10.9. The maximum atomic E-state index is 10.9. The summed E-state index contributed by atoms with van der Waals surface area (Å²) in [6.07, 6.45) is 0. The highest BCUT2D eigenvalue weighted by Crippen LogP contribution is 2.25. The van der Waals surface area contributed by atoms with Gasteiger partial charge in [-0.05, 0) is 38.1 Å². The predicted molar refractivity (Wildman–Crippen MR) is 71.1 cm³/mol. The second-order valence-electron chi connectivity index (χ2n) is 3.79. The van der Waals surface area contributed by atoms with Crippen LogP contribution in [0.2, 0.25) is 0 Å². The molecule has 5 nitrogen and oxygen atoms in total. The van der Waals surface area contributed by atoms with E-state index in [4.69, 9.17) is 4.55 Å². The molecule has 96 valence electrons. The second kappa shape index (κ2) is 4.68. The zero-order chi connectivity index (χ0) is 13.3. The average Bonchev–Trinajstić information content (AvgIpc) is 2.57. The molecule has 0 spiro atoms. The van der Waals surface area contributed by atoms with Crippen LogP contribution in [0.4, 0.5) is 10.8 Å². The van der Waals surface area contributed by atoms with Gasteiger partial charge in [-0.25, -0.2) is 4.98 Å². The van der Waals surface area contributed by atoms with Gasteiger partial charge in [0.05, 0.1) is 10.6 Å². The van der Waals surface area contributed by atoms with E-state index < -0.39 is 10.1 Å². The Bertz CT molecular complexity index is 641. The van der Waals surface area contributed by atoms with Crippen molar-refractivity contribution in [1.82, 2.24) is 4.98 Å². The predicted octanol–water partition coefficient (Wildman–Crippen LogP) is 2.75. The Labute approximate surface area is 109 Å². The van der Waals surface area contributed by atoms with Crippen LogP contribution in [0.25, 0.3) is 0 Å². The number of benzene rings is 1. The molecule has 0 saturated carbocycles. The van der Waals surface area contributed by atoms with E-state index in [1.165, 1.54) is 23.5 Å². The largest absolute Gasteiger partial charge is 0.332 e. The maximum Gasteiger partial charge on any atom is 0.294 e. The summed E-state index contributed by atoms with van der Waals surface area (Å²) in [7, 11) is -4.14. The number of nitrogens with zero attached hydrogens (tertiary/aromatic N) is 1. The van der Waals surface area contributed by atoms with Crippen LogP contribution >= 0.6 is 11.3 Å². The Kier molecular flexibility index (Phi) is 3.38. The smallest absolute Gasteiger partial charge is 0.294 e. The SMILES string of the molecule is Cc1nc(Nc2ccc(S(=O)(=O)O)cc2)sc1C. The minimum absolute atomic E-state index is 0.125. The van der Waals surface area contributed by atoms with Crippen molar-refractivity contribution >= 4 is 32.3 Å². The molecule has 1 aromatic carbocycles. The Morgan fingerprint density at radius 1 is 1.22 bits per heavy atom. The average molecular weight is 284 g/mol. The number of thiazole rings is 1. The van der Waals surface area contributed by atoms with E-state index in [0.717, 1.165) is 21.4 Å². The molecule has 18 heavy (non-hydrogen) atoms. The number of hydrogen-bond donors (Lipinski definition) is 2. The third-order valence-corrected chi connectivity index (χ3v) is 4.29. The first kappa shape index (κ1) is 13.0. The highest BCUT2D eigenvalue weighted by Gasteiger charge is 2.09. The van der Waals surface area contributed by atoms with Gasteiger partial charge in [0, 0.05) is 10.6 Å². The molecule has 0 radical (unpaired) electrons. The van der Waals surface area contributed by atoms with Crippen LogP contribution < -0.4 is 5.32 Å². The lowest BCUT2D eigenvalue weighted by Crippen LogP contribution is -1.98. The van der Waals surface area contributed by atoms with Crippen LogP contribution in [0.5, 0.6) is 0 Å². The lowest BCUT2D eigenvalue weighted by Gasteiger charge is -2.03. The van der Waals surface area contributed by atoms with E-state index in [0.29, 0.717) is 0 Å². The third kappa shape index (κ3) is 2.87. The summed E-state index contributed by atoms with van der Waals surface area (Å²) < 4.78 is 30.6. The van der Waals surface area contributed by atoms with Crippen molar-refractivity contribution in [3.05, 3.63) is 34.8 Å². The topological polar surface area (TPSA) is 79.3 Å². The van der Waals surface area contributed by atoms with Crippen molar-refractivity contribution in [3.63, 3.8) is 0 Å². The molecule has 0 saturated heterocycles. The first-order chi connectivity index (χ1) is 8.36. The van der Waals surface area contributed by atoms with Crippen LogP contribution in [0.15, 0.2) is 29.2 Å². The van der Waals surface area contributed by atoms with Crippen LogP contribution in [0.1, 0.15) is 10.6 Å². The van der Waals surface area contributed by atoms with Gasteiger partial charge in [-0.1, -0.05) is 0 Å². The minimum atomic E-state index is -4.14. The van der Waals surface area contributed by atoms with Crippen molar-refractivity contribution in [2.24, 2.45) is 0 Å². The monoisotopic (exact) mass is 284 g/mol. The molecule has 0 aliphatic carbocycles. The molecule has 7 heteroatoms. The molecular formula is C11H12N2O3S2. The van der Waals surface area contributed by atoms with Crippen LogP contribution in [-0.4, -0.2) is 18.0 Å². The molecule has 0 unspecified atom stereocenters. The molecule has 0 aliphatic heterocycles. The van der Waals surface area contributed by atoms with Gasteiger partial charge in [0.1, 0.15) is 0 Å². The number of aromatic nitrogens is 1. The van der Waals surface area contributed by atoms with Crippen molar-refractivity contribution in [2.45, 2.75) is 18.7 Å². The lowest BCUT2D eigenvalue weighted by molar-refractivity contribution is 0.483. The second-order valence-corrected chi connectivity index (χ2v) is 6.41. The van der Waals surface area contributed by atoms with E-state index in [1.54, 1.807) is 12.1 Å². The quantitative estimate of drug-likeness (QED) is 0.847. The van der Waals surface area contributed by atoms with Gasteiger partial charge < -0.3 is 5.32 Å². The molecule has 0 atom stereocenters. The number of aryl methyl sites for hydroxylation is 2. The summed E-state index contributed by atoms with van der Waals surface area (Å²) >= 11 is 1.53. The number of rotatable bonds is 3. The Balaban J connectivity index is 2.21. The number of nitrogens with one attached hydrogen (secondary N) is 1. The molecule has 1 heterocycles. The van der Waals surface area contributed by atoms with Crippen LogP contribution in [0, 0.1) is 13.8 Å². The highest BCUT2D eigenvalue weighted by atomic mass is 32.2. The summed E-state index contributed by atoms with van der Waals surface area (Å²) in [5.41, 5.74) is 1.69. The molecule has 0 fully saturated rings. The van der Waals surface area contributed by atoms with Crippen molar-refractivity contribution in [3.8, 4) is 0 Å². The van der Waals surface area contributed by atoms with E-state index >= 15 is 0 Å². The zero-order valence-electron chi connectivity index (χ0n) is 9.84. The first-order valence-corrected chi connectivity index (χ1v) is 7.40. The summed E-state index contributed by atoms with van der Waals surface area (Å²) in [6.45, 7) is 3.91. The van der Waals surface area contributed by atoms with Gasteiger partial charge in [-0.3, -0.25) is 4.55 Å². The minimum Gasteiger partial charge on any atom is -0.332 e. The molecule has 2 rings (SSSR count). The molecule has 0 bridgehead atoms. The summed E-state index contributed by atoms with van der Waals surface area (Å²) in [5.74, 6) is 0. The summed E-state index contributed by atoms with van der Waals surface area (Å²) in [6, 6.07) is 5.83. The van der Waals surface area contributed by atoms with Gasteiger partial charge in [-0.2, -0.15) is 8.42 Å². The standard InChI is InChI=1S/C11H12N2O3S2/c1-7-8(2)17-11(12-7)13-9-3-5-10(6-4-9)18(14,15)16/h3-6H,1-2H3,(H,12,13)(H,14,15,16). The molecule has 1 aromatic heterocycles. The third-order valence-electron chi connectivity index (χ3n) is 2.43. The molecule has 0 aliphatic rings. The van der Waals surface area contributed by atoms with Crippen molar-refractivity contribution in [2.75, 3.05) is 5.32 Å². The Hall–Kier alpha value is -1.44. The van der Waals surface area contributed by atoms with E-state index in [2.05, 4.69) is 10.3 Å². The molecule has 2 aromatic rings. The highest BCUT2D eigenvalue weighted by molar-refractivity contribution is 7.85. The molecular weight excluding hydrogens is 272 g/mol. The van der Waals surface area contributed by atoms with Crippen molar-refractivity contribution < 1.29 is 13.0 Å². The van der Waals surface area contributed by atoms with Gasteiger partial charge in [0.2, 0.25) is 0 Å². The van der Waals surface area contributed by atoms with Gasteiger partial charge in [0.15, 0.2) is 5.13 Å². The van der Waals surface area contributed by atoms with Crippen LogP contribution in [0.3, 0.4) is 0 Å². The first-order valence-electron chi connectivity index (χ1n) is 5.15.